The smallest absolute Gasteiger partial charge is 0.183 e. The van der Waals surface area contributed by atoms with Crippen molar-refractivity contribution >= 4 is 5.82 Å². The number of hydrogen-bond acceptors (Lipinski definition) is 5. The maximum absolute atomic E-state index is 4.25. The molecule has 0 aliphatic carbocycles. The second-order valence-corrected chi connectivity index (χ2v) is 2.65. The molecule has 14 heavy (non-hydrogen) atoms. The summed E-state index contributed by atoms with van der Waals surface area (Å²) in [7, 11) is 1.79. The third-order valence-electron chi connectivity index (χ3n) is 1.75. The van der Waals surface area contributed by atoms with Crippen molar-refractivity contribution < 1.29 is 0 Å². The first-order valence-electron chi connectivity index (χ1n) is 4.18. The lowest BCUT2D eigenvalue weighted by molar-refractivity contribution is 0.980. The molecule has 5 nitrogen and oxygen atoms in total. The van der Waals surface area contributed by atoms with Crippen molar-refractivity contribution in [1.82, 2.24) is 20.2 Å². The van der Waals surface area contributed by atoms with Crippen molar-refractivity contribution in [2.75, 3.05) is 12.4 Å². The van der Waals surface area contributed by atoms with Crippen molar-refractivity contribution in [2.45, 2.75) is 0 Å². The summed E-state index contributed by atoms with van der Waals surface area (Å²) in [5.74, 6) is 1.30. The minimum Gasteiger partial charge on any atom is -0.372 e. The molecule has 0 saturated carbocycles. The zero-order valence-electron chi connectivity index (χ0n) is 7.68. The monoisotopic (exact) mass is 187 g/mol. The summed E-state index contributed by atoms with van der Waals surface area (Å²) in [6, 6.07) is 3.69. The molecule has 0 aliphatic heterocycles. The highest BCUT2D eigenvalue weighted by Crippen LogP contribution is 2.12. The van der Waals surface area contributed by atoms with Gasteiger partial charge in [-0.15, -0.1) is 5.10 Å². The zero-order valence-corrected chi connectivity index (χ0v) is 7.68. The lowest BCUT2D eigenvalue weighted by atomic mass is 10.2. The standard InChI is InChI=1S/C9H9N5/c1-10-8-6-12-14-9(13-8)7-2-4-11-5-3-7/h2-6H,1H3,(H,10,13,14). The van der Waals surface area contributed by atoms with Crippen LogP contribution >= 0.6 is 0 Å². The number of pyridine rings is 1. The van der Waals surface area contributed by atoms with Gasteiger partial charge < -0.3 is 5.32 Å². The third-order valence-corrected chi connectivity index (χ3v) is 1.75. The van der Waals surface area contributed by atoms with E-state index in [1.807, 2.05) is 12.1 Å². The van der Waals surface area contributed by atoms with Crippen molar-refractivity contribution in [3.63, 3.8) is 0 Å². The van der Waals surface area contributed by atoms with Crippen LogP contribution in [0.5, 0.6) is 0 Å². The Labute approximate surface area is 81.3 Å². The molecule has 0 atom stereocenters. The van der Waals surface area contributed by atoms with E-state index in [9.17, 15) is 0 Å². The van der Waals surface area contributed by atoms with Crippen molar-refractivity contribution in [3.05, 3.63) is 30.7 Å². The molecule has 0 fully saturated rings. The molecule has 0 aliphatic rings. The molecular weight excluding hydrogens is 178 g/mol. The summed E-state index contributed by atoms with van der Waals surface area (Å²) in [5, 5.41) is 10.7. The molecular formula is C9H9N5. The first-order chi connectivity index (χ1) is 6.90. The van der Waals surface area contributed by atoms with E-state index in [0.717, 1.165) is 5.56 Å². The number of rotatable bonds is 2. The topological polar surface area (TPSA) is 63.6 Å². The molecule has 0 unspecified atom stereocenters. The van der Waals surface area contributed by atoms with Crippen LogP contribution in [0.25, 0.3) is 11.4 Å². The molecule has 5 heteroatoms. The van der Waals surface area contributed by atoms with E-state index in [4.69, 9.17) is 0 Å². The Kier molecular flexibility index (Phi) is 2.31. The van der Waals surface area contributed by atoms with Gasteiger partial charge in [0.2, 0.25) is 0 Å². The molecule has 0 saturated heterocycles. The van der Waals surface area contributed by atoms with E-state index in [1.54, 1.807) is 25.6 Å². The Bertz CT molecular complexity index is 415. The summed E-state index contributed by atoms with van der Waals surface area (Å²) >= 11 is 0. The van der Waals surface area contributed by atoms with Gasteiger partial charge in [0.05, 0.1) is 6.20 Å². The predicted octanol–water partition coefficient (Wildman–Crippen LogP) is 0.975. The average Bonchev–Trinajstić information content (AvgIpc) is 2.30. The van der Waals surface area contributed by atoms with Crippen molar-refractivity contribution in [2.24, 2.45) is 0 Å². The summed E-state index contributed by atoms with van der Waals surface area (Å²) in [5.41, 5.74) is 0.907. The van der Waals surface area contributed by atoms with Crippen molar-refractivity contribution in [3.8, 4) is 11.4 Å². The SMILES string of the molecule is CNc1cnnc(-c2ccncc2)n1. The van der Waals surface area contributed by atoms with Crippen LogP contribution in [-0.2, 0) is 0 Å². The van der Waals surface area contributed by atoms with E-state index >= 15 is 0 Å². The number of nitrogens with zero attached hydrogens (tertiary/aromatic N) is 4. The van der Waals surface area contributed by atoms with Gasteiger partial charge in [-0.05, 0) is 12.1 Å². The van der Waals surface area contributed by atoms with E-state index in [2.05, 4.69) is 25.5 Å². The molecule has 0 bridgehead atoms. The summed E-state index contributed by atoms with van der Waals surface area (Å²) in [4.78, 5) is 8.17. The van der Waals surface area contributed by atoms with Gasteiger partial charge in [0.25, 0.3) is 0 Å². The molecule has 2 aromatic rings. The maximum Gasteiger partial charge on any atom is 0.183 e. The normalized spacial score (nSPS) is 9.79. The first-order valence-corrected chi connectivity index (χ1v) is 4.18. The molecule has 0 aromatic carbocycles. The summed E-state index contributed by atoms with van der Waals surface area (Å²) < 4.78 is 0. The number of hydrogen-bond donors (Lipinski definition) is 1. The number of anilines is 1. The highest BCUT2D eigenvalue weighted by molar-refractivity contribution is 5.54. The Balaban J connectivity index is 2.42. The van der Waals surface area contributed by atoms with Crippen molar-refractivity contribution in [1.29, 1.82) is 0 Å². The molecule has 0 amide bonds. The summed E-state index contributed by atoms with van der Waals surface area (Å²) in [6.45, 7) is 0. The Morgan fingerprint density at radius 2 is 2.00 bits per heavy atom. The van der Waals surface area contributed by atoms with Gasteiger partial charge in [0, 0.05) is 25.0 Å². The fraction of sp³-hybridized carbons (Fsp3) is 0.111. The van der Waals surface area contributed by atoms with Gasteiger partial charge in [0.1, 0.15) is 5.82 Å². The molecule has 2 rings (SSSR count). The van der Waals surface area contributed by atoms with Crippen LogP contribution < -0.4 is 5.32 Å². The van der Waals surface area contributed by atoms with Crippen LogP contribution in [-0.4, -0.2) is 27.2 Å². The van der Waals surface area contributed by atoms with Gasteiger partial charge in [-0.3, -0.25) is 4.98 Å². The van der Waals surface area contributed by atoms with Gasteiger partial charge in [-0.2, -0.15) is 5.10 Å². The quantitative estimate of drug-likeness (QED) is 0.759. The van der Waals surface area contributed by atoms with Crippen LogP contribution in [0.15, 0.2) is 30.7 Å². The number of aromatic nitrogens is 4. The second-order valence-electron chi connectivity index (χ2n) is 2.65. The van der Waals surface area contributed by atoms with Gasteiger partial charge >= 0.3 is 0 Å². The molecule has 2 heterocycles. The lowest BCUT2D eigenvalue weighted by Crippen LogP contribution is -1.98. The Morgan fingerprint density at radius 1 is 1.21 bits per heavy atom. The minimum absolute atomic E-state index is 0.597. The highest BCUT2D eigenvalue weighted by atomic mass is 15.2. The average molecular weight is 187 g/mol. The van der Waals surface area contributed by atoms with Crippen LogP contribution in [0.2, 0.25) is 0 Å². The zero-order chi connectivity index (χ0) is 9.80. The molecule has 0 radical (unpaired) electrons. The van der Waals surface area contributed by atoms with E-state index in [-0.39, 0.29) is 0 Å². The summed E-state index contributed by atoms with van der Waals surface area (Å²) in [6.07, 6.45) is 4.97. The van der Waals surface area contributed by atoms with Crippen LogP contribution in [0.4, 0.5) is 5.82 Å². The molecule has 70 valence electrons. The van der Waals surface area contributed by atoms with E-state index in [0.29, 0.717) is 11.6 Å². The number of nitrogens with one attached hydrogen (secondary N) is 1. The third kappa shape index (κ3) is 1.66. The maximum atomic E-state index is 4.25. The van der Waals surface area contributed by atoms with Crippen LogP contribution in [0.3, 0.4) is 0 Å². The second kappa shape index (κ2) is 3.78. The fourth-order valence-electron chi connectivity index (χ4n) is 1.05. The Hall–Kier alpha value is -2.04. The Morgan fingerprint density at radius 3 is 2.71 bits per heavy atom. The largest absolute Gasteiger partial charge is 0.372 e. The first kappa shape index (κ1) is 8.55. The molecule has 0 spiro atoms. The van der Waals surface area contributed by atoms with E-state index in [1.165, 1.54) is 0 Å². The fourth-order valence-corrected chi connectivity index (χ4v) is 1.05. The van der Waals surface area contributed by atoms with Gasteiger partial charge in [-0.25, -0.2) is 4.98 Å². The molecule has 2 aromatic heterocycles. The lowest BCUT2D eigenvalue weighted by Gasteiger charge is -2.00. The van der Waals surface area contributed by atoms with Gasteiger partial charge in [0.15, 0.2) is 5.82 Å². The minimum atomic E-state index is 0.597. The predicted molar refractivity (Wildman–Crippen MR) is 52.6 cm³/mol. The van der Waals surface area contributed by atoms with E-state index < -0.39 is 0 Å². The highest BCUT2D eigenvalue weighted by Gasteiger charge is 2.01. The van der Waals surface area contributed by atoms with Crippen LogP contribution in [0.1, 0.15) is 0 Å². The molecule has 1 N–H and O–H groups in total. The van der Waals surface area contributed by atoms with Gasteiger partial charge in [-0.1, -0.05) is 0 Å². The van der Waals surface area contributed by atoms with Crippen LogP contribution in [0, 0.1) is 0 Å².